The van der Waals surface area contributed by atoms with E-state index < -0.39 is 5.60 Å². The quantitative estimate of drug-likeness (QED) is 0.799. The number of amides is 1. The molecule has 1 fully saturated rings. The molecule has 0 radical (unpaired) electrons. The van der Waals surface area contributed by atoms with E-state index in [-0.39, 0.29) is 6.09 Å². The topological polar surface area (TPSA) is 46.8 Å². The van der Waals surface area contributed by atoms with Gasteiger partial charge in [0.2, 0.25) is 0 Å². The molecular weight excluding hydrogens is 274 g/mol. The minimum atomic E-state index is -0.428. The Hall–Kier alpha value is -1.30. The van der Waals surface area contributed by atoms with Crippen LogP contribution in [0.1, 0.15) is 33.6 Å². The van der Waals surface area contributed by atoms with Crippen molar-refractivity contribution in [3.8, 4) is 0 Å². The van der Waals surface area contributed by atoms with Crippen LogP contribution in [0.15, 0.2) is 16.6 Å². The lowest BCUT2D eigenvalue weighted by atomic mass is 10.1. The van der Waals surface area contributed by atoms with Gasteiger partial charge in [-0.2, -0.15) is 0 Å². The Morgan fingerprint density at radius 2 is 2.05 bits per heavy atom. The number of hydrogen-bond acceptors (Lipinski definition) is 4. The molecule has 0 saturated carbocycles. The van der Waals surface area contributed by atoms with E-state index in [1.165, 1.54) is 0 Å². The SMILES string of the molecule is Cn1ccsc1=NC1CCN(C(=O)OC(C)(C)C)CC1. The van der Waals surface area contributed by atoms with Gasteiger partial charge < -0.3 is 14.2 Å². The molecule has 2 heterocycles. The smallest absolute Gasteiger partial charge is 0.410 e. The number of hydrogen-bond donors (Lipinski definition) is 0. The molecule has 0 N–H and O–H groups in total. The summed E-state index contributed by atoms with van der Waals surface area (Å²) in [6.07, 6.45) is 3.60. The van der Waals surface area contributed by atoms with Crippen LogP contribution in [0.5, 0.6) is 0 Å². The van der Waals surface area contributed by atoms with Gasteiger partial charge in [0, 0.05) is 31.7 Å². The zero-order valence-electron chi connectivity index (χ0n) is 12.6. The lowest BCUT2D eigenvalue weighted by Gasteiger charge is -2.32. The van der Waals surface area contributed by atoms with Gasteiger partial charge in [0.15, 0.2) is 4.80 Å². The molecule has 112 valence electrons. The Morgan fingerprint density at radius 3 is 2.55 bits per heavy atom. The molecule has 1 amide bonds. The third-order valence-electron chi connectivity index (χ3n) is 3.17. The van der Waals surface area contributed by atoms with E-state index in [4.69, 9.17) is 9.73 Å². The van der Waals surface area contributed by atoms with Crippen LogP contribution in [-0.4, -0.2) is 40.3 Å². The second-order valence-electron chi connectivity index (χ2n) is 6.12. The second-order valence-corrected chi connectivity index (χ2v) is 7.00. The molecule has 1 aromatic rings. The predicted octanol–water partition coefficient (Wildman–Crippen LogP) is 2.39. The highest BCUT2D eigenvalue weighted by Crippen LogP contribution is 2.17. The van der Waals surface area contributed by atoms with Crippen molar-refractivity contribution in [3.63, 3.8) is 0 Å². The molecule has 0 unspecified atom stereocenters. The fraction of sp³-hybridized carbons (Fsp3) is 0.714. The third-order valence-corrected chi connectivity index (χ3v) is 4.03. The number of thiazole rings is 1. The van der Waals surface area contributed by atoms with Crippen molar-refractivity contribution in [1.29, 1.82) is 0 Å². The minimum Gasteiger partial charge on any atom is -0.444 e. The number of aryl methyl sites for hydroxylation is 1. The Labute approximate surface area is 123 Å². The van der Waals surface area contributed by atoms with Crippen LogP contribution in [0.3, 0.4) is 0 Å². The van der Waals surface area contributed by atoms with Crippen LogP contribution in [0.2, 0.25) is 0 Å². The summed E-state index contributed by atoms with van der Waals surface area (Å²) in [4.78, 5) is 19.5. The molecular formula is C14H23N3O2S. The van der Waals surface area contributed by atoms with E-state index in [1.54, 1.807) is 16.2 Å². The maximum Gasteiger partial charge on any atom is 0.410 e. The largest absolute Gasteiger partial charge is 0.444 e. The van der Waals surface area contributed by atoms with Crippen molar-refractivity contribution in [2.24, 2.45) is 12.0 Å². The molecule has 20 heavy (non-hydrogen) atoms. The van der Waals surface area contributed by atoms with Crippen molar-refractivity contribution >= 4 is 17.4 Å². The van der Waals surface area contributed by atoms with Gasteiger partial charge in [-0.25, -0.2) is 4.79 Å². The number of ether oxygens (including phenoxy) is 1. The zero-order valence-corrected chi connectivity index (χ0v) is 13.4. The molecule has 6 heteroatoms. The molecule has 1 aliphatic rings. The fourth-order valence-corrected chi connectivity index (χ4v) is 2.91. The van der Waals surface area contributed by atoms with Crippen molar-refractivity contribution in [2.75, 3.05) is 13.1 Å². The molecule has 0 aliphatic carbocycles. The molecule has 1 saturated heterocycles. The molecule has 0 aromatic carbocycles. The number of rotatable bonds is 1. The average Bonchev–Trinajstić information content (AvgIpc) is 2.74. The van der Waals surface area contributed by atoms with Crippen LogP contribution in [0.4, 0.5) is 4.79 Å². The van der Waals surface area contributed by atoms with E-state index in [1.807, 2.05) is 44.0 Å². The molecule has 0 spiro atoms. The highest BCUT2D eigenvalue weighted by atomic mass is 32.1. The molecule has 0 bridgehead atoms. The minimum absolute atomic E-state index is 0.211. The van der Waals surface area contributed by atoms with Gasteiger partial charge in [0.1, 0.15) is 5.60 Å². The van der Waals surface area contributed by atoms with Crippen LogP contribution in [0, 0.1) is 0 Å². The highest BCUT2D eigenvalue weighted by Gasteiger charge is 2.26. The summed E-state index contributed by atoms with van der Waals surface area (Å²) in [6, 6.07) is 0.304. The summed E-state index contributed by atoms with van der Waals surface area (Å²) < 4.78 is 7.42. The van der Waals surface area contributed by atoms with E-state index in [0.29, 0.717) is 6.04 Å². The summed E-state index contributed by atoms with van der Waals surface area (Å²) in [5.41, 5.74) is -0.428. The van der Waals surface area contributed by atoms with Gasteiger partial charge in [0.25, 0.3) is 0 Å². The Kier molecular flexibility index (Phi) is 4.52. The summed E-state index contributed by atoms with van der Waals surface area (Å²) in [5, 5.41) is 2.04. The number of carbonyl (C=O) groups excluding carboxylic acids is 1. The summed E-state index contributed by atoms with van der Waals surface area (Å²) in [5.74, 6) is 0. The van der Waals surface area contributed by atoms with Gasteiger partial charge in [-0.3, -0.25) is 4.99 Å². The Bertz CT molecular complexity index is 519. The molecule has 1 aromatic heterocycles. The Balaban J connectivity index is 1.90. The van der Waals surface area contributed by atoms with Crippen LogP contribution in [0.25, 0.3) is 0 Å². The highest BCUT2D eigenvalue weighted by molar-refractivity contribution is 7.07. The summed E-state index contributed by atoms with van der Waals surface area (Å²) in [6.45, 7) is 7.12. The first-order valence-electron chi connectivity index (χ1n) is 6.97. The first-order chi connectivity index (χ1) is 9.35. The number of carbonyl (C=O) groups is 1. The molecule has 0 atom stereocenters. The average molecular weight is 297 g/mol. The maximum absolute atomic E-state index is 12.0. The van der Waals surface area contributed by atoms with Crippen LogP contribution in [-0.2, 0) is 11.8 Å². The van der Waals surface area contributed by atoms with Gasteiger partial charge >= 0.3 is 6.09 Å². The predicted molar refractivity (Wildman–Crippen MR) is 79.7 cm³/mol. The maximum atomic E-state index is 12.0. The number of aromatic nitrogens is 1. The number of piperidine rings is 1. The lowest BCUT2D eigenvalue weighted by molar-refractivity contribution is 0.0206. The molecule has 5 nitrogen and oxygen atoms in total. The first kappa shape index (κ1) is 15.1. The van der Waals surface area contributed by atoms with E-state index in [2.05, 4.69) is 0 Å². The Morgan fingerprint density at radius 1 is 1.40 bits per heavy atom. The second kappa shape index (κ2) is 5.99. The summed E-state index contributed by atoms with van der Waals surface area (Å²) in [7, 11) is 2.01. The number of likely N-dealkylation sites (tertiary alicyclic amines) is 1. The molecule has 2 rings (SSSR count). The van der Waals surface area contributed by atoms with Crippen molar-refractivity contribution in [3.05, 3.63) is 16.4 Å². The van der Waals surface area contributed by atoms with E-state index in [9.17, 15) is 4.79 Å². The molecule has 1 aliphatic heterocycles. The standard InChI is InChI=1S/C14H23N3O2S/c1-14(2,3)19-13(18)17-7-5-11(6-8-17)15-12-16(4)9-10-20-12/h9-11H,5-8H2,1-4H3. The number of nitrogens with zero attached hydrogens (tertiary/aromatic N) is 3. The third kappa shape index (κ3) is 4.10. The normalized spacial score (nSPS) is 18.4. The van der Waals surface area contributed by atoms with E-state index >= 15 is 0 Å². The van der Waals surface area contributed by atoms with Gasteiger partial charge in [0.05, 0.1) is 6.04 Å². The van der Waals surface area contributed by atoms with Crippen LogP contribution < -0.4 is 4.80 Å². The van der Waals surface area contributed by atoms with Gasteiger partial charge in [-0.1, -0.05) is 0 Å². The lowest BCUT2D eigenvalue weighted by Crippen LogP contribution is -2.42. The zero-order chi connectivity index (χ0) is 14.8. The van der Waals surface area contributed by atoms with Gasteiger partial charge in [-0.05, 0) is 33.6 Å². The fourth-order valence-electron chi connectivity index (χ4n) is 2.11. The van der Waals surface area contributed by atoms with E-state index in [0.717, 1.165) is 30.7 Å². The van der Waals surface area contributed by atoms with Crippen molar-refractivity contribution < 1.29 is 9.53 Å². The van der Waals surface area contributed by atoms with Crippen LogP contribution >= 0.6 is 11.3 Å². The van der Waals surface area contributed by atoms with Crippen molar-refractivity contribution in [2.45, 2.75) is 45.3 Å². The van der Waals surface area contributed by atoms with Gasteiger partial charge in [-0.15, -0.1) is 11.3 Å². The summed E-state index contributed by atoms with van der Waals surface area (Å²) >= 11 is 1.65. The first-order valence-corrected chi connectivity index (χ1v) is 7.85. The monoisotopic (exact) mass is 297 g/mol. The van der Waals surface area contributed by atoms with Crippen molar-refractivity contribution in [1.82, 2.24) is 9.47 Å².